The van der Waals surface area contributed by atoms with Gasteiger partial charge in [-0.3, -0.25) is 4.79 Å². The number of nitrogens with zero attached hydrogens (tertiary/aromatic N) is 3. The molecule has 0 aliphatic carbocycles. The Hall–Kier alpha value is -2.68. The fourth-order valence-corrected chi connectivity index (χ4v) is 1.92. The molecular formula is C11H11N5O3S. The van der Waals surface area contributed by atoms with Gasteiger partial charge in [0.15, 0.2) is 11.5 Å². The molecule has 104 valence electrons. The van der Waals surface area contributed by atoms with Crippen LogP contribution in [0.2, 0.25) is 0 Å². The smallest absolute Gasteiger partial charge is 0.247 e. The first kappa shape index (κ1) is 13.7. The van der Waals surface area contributed by atoms with Gasteiger partial charge in [-0.2, -0.15) is 5.10 Å². The number of aromatic hydroxyl groups is 2. The number of amides is 1. The van der Waals surface area contributed by atoms with E-state index in [9.17, 15) is 9.90 Å². The summed E-state index contributed by atoms with van der Waals surface area (Å²) in [6.07, 6.45) is 1.37. The zero-order valence-electron chi connectivity index (χ0n) is 10.1. The van der Waals surface area contributed by atoms with Crippen molar-refractivity contribution in [2.75, 3.05) is 5.73 Å². The van der Waals surface area contributed by atoms with Crippen LogP contribution in [0.5, 0.6) is 11.5 Å². The molecule has 1 amide bonds. The molecule has 5 N–H and O–H groups in total. The topological polar surface area (TPSA) is 134 Å². The number of phenols is 2. The Bertz CT molecular complexity index is 655. The molecule has 1 aromatic carbocycles. The van der Waals surface area contributed by atoms with Gasteiger partial charge >= 0.3 is 0 Å². The maximum absolute atomic E-state index is 11.5. The SMILES string of the molecule is Nc1nnc(CC(=O)NN=Cc2ccc(O)c(O)c2)s1. The number of aromatic nitrogens is 2. The van der Waals surface area contributed by atoms with E-state index in [0.717, 1.165) is 11.3 Å². The quantitative estimate of drug-likeness (QED) is 0.362. The van der Waals surface area contributed by atoms with E-state index in [2.05, 4.69) is 20.7 Å². The average Bonchev–Trinajstić information content (AvgIpc) is 2.79. The third kappa shape index (κ3) is 3.65. The molecule has 2 aromatic rings. The largest absolute Gasteiger partial charge is 0.504 e. The van der Waals surface area contributed by atoms with Crippen LogP contribution < -0.4 is 11.2 Å². The molecule has 2 rings (SSSR count). The normalized spacial score (nSPS) is 10.8. The van der Waals surface area contributed by atoms with E-state index in [4.69, 9.17) is 10.8 Å². The molecule has 20 heavy (non-hydrogen) atoms. The van der Waals surface area contributed by atoms with E-state index >= 15 is 0 Å². The second-order valence-corrected chi connectivity index (χ2v) is 4.85. The average molecular weight is 293 g/mol. The summed E-state index contributed by atoms with van der Waals surface area (Å²) in [6, 6.07) is 4.18. The lowest BCUT2D eigenvalue weighted by atomic mass is 10.2. The number of phenolic OH excluding ortho intramolecular Hbond substituents is 2. The summed E-state index contributed by atoms with van der Waals surface area (Å²) < 4.78 is 0. The molecule has 0 saturated heterocycles. The molecule has 0 bridgehead atoms. The van der Waals surface area contributed by atoms with Gasteiger partial charge in [-0.1, -0.05) is 11.3 Å². The van der Waals surface area contributed by atoms with E-state index in [1.807, 2.05) is 0 Å². The number of rotatable bonds is 4. The van der Waals surface area contributed by atoms with Crippen molar-refractivity contribution in [3.8, 4) is 11.5 Å². The minimum atomic E-state index is -0.361. The number of nitrogen functional groups attached to an aromatic ring is 1. The highest BCUT2D eigenvalue weighted by atomic mass is 32.1. The first-order chi connectivity index (χ1) is 9.54. The highest BCUT2D eigenvalue weighted by molar-refractivity contribution is 7.15. The van der Waals surface area contributed by atoms with E-state index < -0.39 is 0 Å². The van der Waals surface area contributed by atoms with Crippen molar-refractivity contribution in [3.05, 3.63) is 28.8 Å². The molecule has 0 saturated carbocycles. The van der Waals surface area contributed by atoms with Gasteiger partial charge < -0.3 is 15.9 Å². The maximum atomic E-state index is 11.5. The minimum Gasteiger partial charge on any atom is -0.504 e. The summed E-state index contributed by atoms with van der Waals surface area (Å²) in [7, 11) is 0. The molecule has 0 aliphatic heterocycles. The number of hydrogen-bond acceptors (Lipinski definition) is 8. The number of carbonyl (C=O) groups excluding carboxylic acids is 1. The number of hydrazone groups is 1. The number of hydrogen-bond donors (Lipinski definition) is 4. The Balaban J connectivity index is 1.89. The van der Waals surface area contributed by atoms with Crippen LogP contribution in [-0.4, -0.2) is 32.5 Å². The van der Waals surface area contributed by atoms with Crippen LogP contribution >= 0.6 is 11.3 Å². The van der Waals surface area contributed by atoms with Gasteiger partial charge in [-0.05, 0) is 23.8 Å². The zero-order chi connectivity index (χ0) is 14.5. The van der Waals surface area contributed by atoms with Crippen molar-refractivity contribution in [1.29, 1.82) is 0 Å². The van der Waals surface area contributed by atoms with Crippen molar-refractivity contribution in [2.45, 2.75) is 6.42 Å². The Morgan fingerprint density at radius 1 is 1.40 bits per heavy atom. The lowest BCUT2D eigenvalue weighted by molar-refractivity contribution is -0.120. The summed E-state index contributed by atoms with van der Waals surface area (Å²) in [6.45, 7) is 0. The number of nitrogens with one attached hydrogen (secondary N) is 1. The van der Waals surface area contributed by atoms with Crippen LogP contribution in [0.3, 0.4) is 0 Å². The van der Waals surface area contributed by atoms with Crippen LogP contribution in [0.15, 0.2) is 23.3 Å². The predicted molar refractivity (Wildman–Crippen MR) is 73.5 cm³/mol. The summed E-state index contributed by atoms with van der Waals surface area (Å²) in [4.78, 5) is 11.5. The molecule has 0 unspecified atom stereocenters. The van der Waals surface area contributed by atoms with E-state index in [1.165, 1.54) is 24.4 Å². The molecule has 1 heterocycles. The van der Waals surface area contributed by atoms with Gasteiger partial charge in [0.25, 0.3) is 0 Å². The third-order valence-corrected chi connectivity index (χ3v) is 2.95. The first-order valence-electron chi connectivity index (χ1n) is 5.46. The summed E-state index contributed by atoms with van der Waals surface area (Å²) in [5.41, 5.74) is 8.23. The number of nitrogens with two attached hydrogens (primary N) is 1. The van der Waals surface area contributed by atoms with E-state index in [0.29, 0.717) is 15.7 Å². The first-order valence-corrected chi connectivity index (χ1v) is 6.28. The van der Waals surface area contributed by atoms with Crippen LogP contribution in [-0.2, 0) is 11.2 Å². The monoisotopic (exact) mass is 293 g/mol. The molecule has 0 fully saturated rings. The lowest BCUT2D eigenvalue weighted by Crippen LogP contribution is -2.19. The van der Waals surface area contributed by atoms with Crippen molar-refractivity contribution in [3.63, 3.8) is 0 Å². The fraction of sp³-hybridized carbons (Fsp3) is 0.0909. The Morgan fingerprint density at radius 3 is 2.85 bits per heavy atom. The predicted octanol–water partition coefficient (Wildman–Crippen LogP) is 0.224. The molecular weight excluding hydrogens is 282 g/mol. The Morgan fingerprint density at radius 2 is 2.20 bits per heavy atom. The maximum Gasteiger partial charge on any atom is 0.247 e. The highest BCUT2D eigenvalue weighted by Gasteiger charge is 2.07. The van der Waals surface area contributed by atoms with Crippen molar-refractivity contribution >= 4 is 28.6 Å². The summed E-state index contributed by atoms with van der Waals surface area (Å²) in [5, 5.41) is 30.2. The second-order valence-electron chi connectivity index (χ2n) is 3.75. The van der Waals surface area contributed by atoms with Gasteiger partial charge in [0.05, 0.1) is 12.6 Å². The van der Waals surface area contributed by atoms with Crippen LogP contribution in [0.25, 0.3) is 0 Å². The second kappa shape index (κ2) is 5.97. The fourth-order valence-electron chi connectivity index (χ4n) is 1.31. The van der Waals surface area contributed by atoms with Crippen LogP contribution in [0.1, 0.15) is 10.6 Å². The van der Waals surface area contributed by atoms with Gasteiger partial charge in [-0.25, -0.2) is 5.43 Å². The highest BCUT2D eigenvalue weighted by Crippen LogP contribution is 2.23. The summed E-state index contributed by atoms with van der Waals surface area (Å²) >= 11 is 1.13. The van der Waals surface area contributed by atoms with Gasteiger partial charge in [0, 0.05) is 0 Å². The zero-order valence-corrected chi connectivity index (χ0v) is 11.0. The van der Waals surface area contributed by atoms with Crippen molar-refractivity contribution < 1.29 is 15.0 Å². The van der Waals surface area contributed by atoms with Crippen molar-refractivity contribution in [2.24, 2.45) is 5.10 Å². The van der Waals surface area contributed by atoms with Gasteiger partial charge in [0.2, 0.25) is 11.0 Å². The van der Waals surface area contributed by atoms with Gasteiger partial charge in [-0.15, -0.1) is 10.2 Å². The molecule has 0 spiro atoms. The lowest BCUT2D eigenvalue weighted by Gasteiger charge is -1.99. The number of carbonyl (C=O) groups is 1. The van der Waals surface area contributed by atoms with E-state index in [1.54, 1.807) is 0 Å². The Kier molecular flexibility index (Phi) is 4.11. The third-order valence-electron chi connectivity index (χ3n) is 2.20. The molecule has 0 atom stereocenters. The molecule has 1 aromatic heterocycles. The molecule has 8 nitrogen and oxygen atoms in total. The van der Waals surface area contributed by atoms with Crippen LogP contribution in [0, 0.1) is 0 Å². The summed E-state index contributed by atoms with van der Waals surface area (Å²) in [5.74, 6) is -0.843. The number of anilines is 1. The standard InChI is InChI=1S/C11H11N5O3S/c12-11-16-15-10(20-11)4-9(19)14-13-5-6-1-2-7(17)8(18)3-6/h1-3,5,17-18H,4H2,(H2,12,16)(H,14,19). The molecule has 0 radical (unpaired) electrons. The molecule has 9 heteroatoms. The number of benzene rings is 1. The van der Waals surface area contributed by atoms with Crippen molar-refractivity contribution in [1.82, 2.24) is 15.6 Å². The van der Waals surface area contributed by atoms with Crippen LogP contribution in [0.4, 0.5) is 5.13 Å². The van der Waals surface area contributed by atoms with E-state index in [-0.39, 0.29) is 23.8 Å². The van der Waals surface area contributed by atoms with Gasteiger partial charge in [0.1, 0.15) is 5.01 Å². The Labute approximate surface area is 117 Å². The molecule has 0 aliphatic rings. The minimum absolute atomic E-state index is 0.0348.